The van der Waals surface area contributed by atoms with Crippen molar-refractivity contribution in [3.05, 3.63) is 18.2 Å². The molecule has 3 aromatic heterocycles. The molecule has 1 fully saturated rings. The van der Waals surface area contributed by atoms with Crippen LogP contribution in [0.2, 0.25) is 0 Å². The highest BCUT2D eigenvalue weighted by Crippen LogP contribution is 2.29. The minimum absolute atomic E-state index is 0.167. The minimum Gasteiger partial charge on any atom is -0.471 e. The molecule has 10 nitrogen and oxygen atoms in total. The Morgan fingerprint density at radius 1 is 1.32 bits per heavy atom. The maximum absolute atomic E-state index is 12.2. The van der Waals surface area contributed by atoms with Crippen molar-refractivity contribution < 1.29 is 14.3 Å². The number of hydrogen-bond donors (Lipinski definition) is 0. The Labute approximate surface area is 181 Å². The van der Waals surface area contributed by atoms with E-state index < -0.39 is 0 Å². The summed E-state index contributed by atoms with van der Waals surface area (Å²) in [6.07, 6.45) is 3.56. The zero-order valence-corrected chi connectivity index (χ0v) is 18.7. The largest absolute Gasteiger partial charge is 0.471 e. The highest BCUT2D eigenvalue weighted by molar-refractivity contribution is 5.81. The summed E-state index contributed by atoms with van der Waals surface area (Å²) in [5.74, 6) is 1.50. The van der Waals surface area contributed by atoms with Crippen LogP contribution in [0.4, 0.5) is 4.79 Å². The summed E-state index contributed by atoms with van der Waals surface area (Å²) in [5.41, 5.74) is 3.29. The topological polar surface area (TPSA) is 100 Å². The van der Waals surface area contributed by atoms with E-state index in [1.54, 1.807) is 4.90 Å². The first-order valence-electron chi connectivity index (χ1n) is 10.7. The number of carbonyl (C=O) groups is 1. The van der Waals surface area contributed by atoms with Crippen molar-refractivity contribution in [1.29, 1.82) is 0 Å². The third kappa shape index (κ3) is 4.06. The third-order valence-corrected chi connectivity index (χ3v) is 5.49. The number of rotatable bonds is 6. The summed E-state index contributed by atoms with van der Waals surface area (Å²) in [6, 6.07) is 0. The molecule has 0 saturated carbocycles. The number of aryl methyl sites for hydroxylation is 2. The molecule has 0 unspecified atom stereocenters. The lowest BCUT2D eigenvalue weighted by Crippen LogP contribution is -2.32. The number of likely N-dealkylation sites (tertiary alicyclic amines) is 1. The van der Waals surface area contributed by atoms with Gasteiger partial charge in [-0.25, -0.2) is 14.8 Å². The molecule has 4 heterocycles. The molecule has 31 heavy (non-hydrogen) atoms. The molecular formula is C21H29N7O3. The molecule has 1 aliphatic heterocycles. The third-order valence-electron chi connectivity index (χ3n) is 5.49. The van der Waals surface area contributed by atoms with Crippen molar-refractivity contribution in [3.8, 4) is 17.3 Å². The molecule has 0 aromatic carbocycles. The maximum Gasteiger partial charge on any atom is 0.409 e. The molecular weight excluding hydrogens is 398 g/mol. The van der Waals surface area contributed by atoms with Crippen LogP contribution in [0.5, 0.6) is 5.88 Å². The maximum atomic E-state index is 12.2. The highest BCUT2D eigenvalue weighted by Gasteiger charge is 2.30. The van der Waals surface area contributed by atoms with Gasteiger partial charge in [0.05, 0.1) is 24.9 Å². The average molecular weight is 428 g/mol. The van der Waals surface area contributed by atoms with E-state index in [-0.39, 0.29) is 12.2 Å². The van der Waals surface area contributed by atoms with E-state index in [1.165, 1.54) is 6.33 Å². The molecule has 1 aliphatic rings. The van der Waals surface area contributed by atoms with Crippen LogP contribution < -0.4 is 4.74 Å². The van der Waals surface area contributed by atoms with Crippen LogP contribution in [0.3, 0.4) is 0 Å². The summed E-state index contributed by atoms with van der Waals surface area (Å²) in [4.78, 5) is 27.4. The Morgan fingerprint density at radius 2 is 2.13 bits per heavy atom. The summed E-state index contributed by atoms with van der Waals surface area (Å²) >= 11 is 0. The van der Waals surface area contributed by atoms with Crippen LogP contribution in [-0.4, -0.2) is 66.1 Å². The zero-order chi connectivity index (χ0) is 22.1. The van der Waals surface area contributed by atoms with Crippen molar-refractivity contribution in [3.63, 3.8) is 0 Å². The summed E-state index contributed by atoms with van der Waals surface area (Å²) in [6.45, 7) is 10.4. The Balaban J connectivity index is 1.54. The van der Waals surface area contributed by atoms with Gasteiger partial charge in [-0.1, -0.05) is 13.8 Å². The first kappa shape index (κ1) is 21.1. The molecule has 3 aromatic rings. The van der Waals surface area contributed by atoms with Crippen LogP contribution in [0.25, 0.3) is 22.6 Å². The lowest BCUT2D eigenvalue weighted by Gasteiger charge is -2.17. The van der Waals surface area contributed by atoms with Gasteiger partial charge >= 0.3 is 6.09 Å². The number of ether oxygens (including phenoxy) is 2. The number of aromatic nitrogens is 6. The van der Waals surface area contributed by atoms with Gasteiger partial charge in [0, 0.05) is 32.3 Å². The van der Waals surface area contributed by atoms with Crippen molar-refractivity contribution in [2.75, 3.05) is 19.7 Å². The molecule has 1 saturated heterocycles. The molecule has 4 rings (SSSR count). The zero-order valence-electron chi connectivity index (χ0n) is 18.7. The smallest absolute Gasteiger partial charge is 0.409 e. The van der Waals surface area contributed by atoms with Crippen LogP contribution in [0.1, 0.15) is 32.9 Å². The van der Waals surface area contributed by atoms with Crippen molar-refractivity contribution in [2.45, 2.75) is 46.8 Å². The first-order valence-corrected chi connectivity index (χ1v) is 10.7. The average Bonchev–Trinajstić information content (AvgIpc) is 3.44. The standard InChI is InChI=1S/C21H29N7O3/c1-6-28-14(4)16(9-24-28)18-25-17-19(26(18)5)22-12-23-20(17)31-15-7-8-27(10-15)21(29)30-11-13(2)3/h9,12-13,15H,6-8,10-11H2,1-5H3/t15-/m0/s1. The predicted molar refractivity (Wildman–Crippen MR) is 115 cm³/mol. The van der Waals surface area contributed by atoms with Gasteiger partial charge in [-0.05, 0) is 19.8 Å². The molecule has 10 heteroatoms. The fourth-order valence-corrected chi connectivity index (χ4v) is 3.77. The molecule has 0 bridgehead atoms. The SMILES string of the molecule is CCn1ncc(-c2nc3c(O[C@H]4CCN(C(=O)OCC(C)C)C4)ncnc3n2C)c1C. The van der Waals surface area contributed by atoms with E-state index in [0.717, 1.165) is 23.6 Å². The number of imidazole rings is 1. The summed E-state index contributed by atoms with van der Waals surface area (Å²) in [5, 5.41) is 4.42. The Hall–Kier alpha value is -3.17. The van der Waals surface area contributed by atoms with Gasteiger partial charge in [0.15, 0.2) is 11.2 Å². The Morgan fingerprint density at radius 3 is 2.84 bits per heavy atom. The number of amides is 1. The second kappa shape index (κ2) is 8.52. The molecule has 1 amide bonds. The fourth-order valence-electron chi connectivity index (χ4n) is 3.77. The van der Waals surface area contributed by atoms with E-state index in [2.05, 4.69) is 22.0 Å². The lowest BCUT2D eigenvalue weighted by molar-refractivity contribution is 0.0947. The van der Waals surface area contributed by atoms with Crippen LogP contribution in [-0.2, 0) is 18.3 Å². The van der Waals surface area contributed by atoms with E-state index >= 15 is 0 Å². The van der Waals surface area contributed by atoms with Crippen molar-refractivity contribution >= 4 is 17.3 Å². The van der Waals surface area contributed by atoms with Gasteiger partial charge in [-0.2, -0.15) is 10.1 Å². The molecule has 0 spiro atoms. The van der Waals surface area contributed by atoms with Crippen LogP contribution in [0.15, 0.2) is 12.5 Å². The van der Waals surface area contributed by atoms with Gasteiger partial charge in [-0.15, -0.1) is 0 Å². The van der Waals surface area contributed by atoms with Gasteiger partial charge in [0.1, 0.15) is 18.3 Å². The van der Waals surface area contributed by atoms with Gasteiger partial charge in [0.25, 0.3) is 0 Å². The lowest BCUT2D eigenvalue weighted by atomic mass is 10.2. The predicted octanol–water partition coefficient (Wildman–Crippen LogP) is 2.80. The molecule has 0 aliphatic carbocycles. The molecule has 166 valence electrons. The van der Waals surface area contributed by atoms with E-state index in [4.69, 9.17) is 14.5 Å². The van der Waals surface area contributed by atoms with Gasteiger partial charge < -0.3 is 18.9 Å². The molecule has 0 radical (unpaired) electrons. The normalized spacial score (nSPS) is 16.5. The van der Waals surface area contributed by atoms with Crippen molar-refractivity contribution in [2.24, 2.45) is 13.0 Å². The first-order chi connectivity index (χ1) is 14.9. The van der Waals surface area contributed by atoms with E-state index in [0.29, 0.717) is 49.1 Å². The monoisotopic (exact) mass is 427 g/mol. The number of hydrogen-bond acceptors (Lipinski definition) is 7. The summed E-state index contributed by atoms with van der Waals surface area (Å²) < 4.78 is 15.3. The van der Waals surface area contributed by atoms with E-state index in [1.807, 2.05) is 43.3 Å². The summed E-state index contributed by atoms with van der Waals surface area (Å²) in [7, 11) is 1.92. The second-order valence-electron chi connectivity index (χ2n) is 8.25. The van der Waals surface area contributed by atoms with Gasteiger partial charge in [0.2, 0.25) is 5.88 Å². The second-order valence-corrected chi connectivity index (χ2v) is 8.25. The Kier molecular flexibility index (Phi) is 5.79. The number of nitrogens with zero attached hydrogens (tertiary/aromatic N) is 7. The highest BCUT2D eigenvalue weighted by atomic mass is 16.6. The number of carbonyl (C=O) groups excluding carboxylic acids is 1. The van der Waals surface area contributed by atoms with E-state index in [9.17, 15) is 4.79 Å². The fraction of sp³-hybridized carbons (Fsp3) is 0.571. The Bertz CT molecular complexity index is 1090. The van der Waals surface area contributed by atoms with Crippen molar-refractivity contribution in [1.82, 2.24) is 34.2 Å². The van der Waals surface area contributed by atoms with Gasteiger partial charge in [-0.3, -0.25) is 4.68 Å². The number of fused-ring (bicyclic) bond motifs is 1. The minimum atomic E-state index is -0.295. The van der Waals surface area contributed by atoms with Crippen LogP contribution >= 0.6 is 0 Å². The quantitative estimate of drug-likeness (QED) is 0.596. The van der Waals surface area contributed by atoms with Crippen LogP contribution in [0, 0.1) is 12.8 Å². The molecule has 1 atom stereocenters. The molecule has 0 N–H and O–H groups in total.